The summed E-state index contributed by atoms with van der Waals surface area (Å²) in [5, 5.41) is 6.51. The quantitative estimate of drug-likeness (QED) is 0.877. The molecule has 1 aliphatic heterocycles. The number of carbonyl (C=O) groups excluding carboxylic acids is 2. The Bertz CT molecular complexity index is 684. The predicted molar refractivity (Wildman–Crippen MR) is 77.5 cm³/mol. The minimum absolute atomic E-state index is 0.123. The second kappa shape index (κ2) is 4.92. The van der Waals surface area contributed by atoms with Crippen LogP contribution in [0.15, 0.2) is 29.2 Å². The van der Waals surface area contributed by atoms with E-state index >= 15 is 0 Å². The fourth-order valence-electron chi connectivity index (χ4n) is 2.25. The number of hydrogen-bond donors (Lipinski definition) is 1. The van der Waals surface area contributed by atoms with Crippen molar-refractivity contribution in [1.29, 1.82) is 0 Å². The van der Waals surface area contributed by atoms with Crippen molar-refractivity contribution in [1.82, 2.24) is 20.2 Å². The first-order valence-corrected chi connectivity index (χ1v) is 7.39. The summed E-state index contributed by atoms with van der Waals surface area (Å²) in [5.41, 5.74) is 1.16. The number of thiophene rings is 1. The van der Waals surface area contributed by atoms with Gasteiger partial charge in [0.1, 0.15) is 5.54 Å². The highest BCUT2D eigenvalue weighted by molar-refractivity contribution is 7.08. The number of rotatable bonds is 3. The molecule has 6 nitrogen and oxygen atoms in total. The molecule has 0 bridgehead atoms. The van der Waals surface area contributed by atoms with Crippen molar-refractivity contribution in [2.45, 2.75) is 25.9 Å². The van der Waals surface area contributed by atoms with Crippen molar-refractivity contribution in [3.8, 4) is 0 Å². The van der Waals surface area contributed by atoms with Crippen LogP contribution in [-0.4, -0.2) is 26.8 Å². The molecule has 1 saturated heterocycles. The van der Waals surface area contributed by atoms with Crippen molar-refractivity contribution in [3.63, 3.8) is 0 Å². The van der Waals surface area contributed by atoms with Gasteiger partial charge < -0.3 is 5.32 Å². The van der Waals surface area contributed by atoms with E-state index in [1.54, 1.807) is 19.3 Å². The van der Waals surface area contributed by atoms with Crippen LogP contribution in [0.25, 0.3) is 0 Å². The molecule has 3 amide bonds. The maximum absolute atomic E-state index is 12.6. The number of nitrogens with one attached hydrogen (secondary N) is 1. The maximum Gasteiger partial charge on any atom is 0.325 e. The Morgan fingerprint density at radius 2 is 2.14 bits per heavy atom. The Kier molecular flexibility index (Phi) is 3.21. The van der Waals surface area contributed by atoms with E-state index in [1.807, 2.05) is 23.8 Å². The third kappa shape index (κ3) is 2.29. The second-order valence-corrected chi connectivity index (χ2v) is 5.89. The number of carbonyl (C=O) groups is 2. The molecule has 21 heavy (non-hydrogen) atoms. The number of nitrogens with zero attached hydrogens (tertiary/aromatic N) is 3. The van der Waals surface area contributed by atoms with E-state index in [-0.39, 0.29) is 12.5 Å². The molecule has 1 aliphatic rings. The first-order chi connectivity index (χ1) is 10.0. The van der Waals surface area contributed by atoms with Gasteiger partial charge in [0.25, 0.3) is 5.91 Å². The number of amides is 3. The van der Waals surface area contributed by atoms with Crippen molar-refractivity contribution < 1.29 is 9.59 Å². The number of urea groups is 1. The van der Waals surface area contributed by atoms with Crippen molar-refractivity contribution in [3.05, 3.63) is 46.2 Å². The first-order valence-electron chi connectivity index (χ1n) is 6.45. The molecule has 3 heterocycles. The molecule has 1 fully saturated rings. The van der Waals surface area contributed by atoms with Crippen molar-refractivity contribution in [2.24, 2.45) is 0 Å². The van der Waals surface area contributed by atoms with Crippen molar-refractivity contribution in [2.75, 3.05) is 0 Å². The molecule has 2 aromatic rings. The van der Waals surface area contributed by atoms with Gasteiger partial charge in [0, 0.05) is 6.20 Å². The Labute approximate surface area is 125 Å². The van der Waals surface area contributed by atoms with Gasteiger partial charge >= 0.3 is 6.03 Å². The molecule has 7 heteroatoms. The average Bonchev–Trinajstić information content (AvgIpc) is 3.06. The zero-order valence-corrected chi connectivity index (χ0v) is 12.5. The molecule has 1 unspecified atom stereocenters. The van der Waals surface area contributed by atoms with E-state index < -0.39 is 11.6 Å². The third-order valence-electron chi connectivity index (χ3n) is 3.53. The fraction of sp³-hybridized carbons (Fsp3) is 0.286. The van der Waals surface area contributed by atoms with E-state index in [2.05, 4.69) is 15.3 Å². The van der Waals surface area contributed by atoms with Crippen LogP contribution in [0.2, 0.25) is 0 Å². The molecular weight excluding hydrogens is 288 g/mol. The lowest BCUT2D eigenvalue weighted by Gasteiger charge is -2.20. The van der Waals surface area contributed by atoms with Gasteiger partial charge in [0.2, 0.25) is 0 Å². The molecule has 0 spiro atoms. The van der Waals surface area contributed by atoms with Crippen molar-refractivity contribution >= 4 is 23.3 Å². The van der Waals surface area contributed by atoms with Crippen LogP contribution in [0.4, 0.5) is 4.79 Å². The van der Waals surface area contributed by atoms with Gasteiger partial charge in [0.15, 0.2) is 0 Å². The molecule has 1 N–H and O–H groups in total. The molecule has 1 atom stereocenters. The number of aryl methyl sites for hydroxylation is 1. The van der Waals surface area contributed by atoms with Crippen LogP contribution in [0, 0.1) is 6.92 Å². The van der Waals surface area contributed by atoms with Gasteiger partial charge in [-0.25, -0.2) is 4.79 Å². The molecule has 0 radical (unpaired) electrons. The van der Waals surface area contributed by atoms with Crippen LogP contribution >= 0.6 is 11.3 Å². The van der Waals surface area contributed by atoms with Gasteiger partial charge in [-0.05, 0) is 36.2 Å². The molecule has 2 aromatic heterocycles. The Hall–Kier alpha value is -2.28. The summed E-state index contributed by atoms with van der Waals surface area (Å²) in [6, 6.07) is 1.44. The van der Waals surface area contributed by atoms with Gasteiger partial charge in [-0.15, -0.1) is 0 Å². The minimum Gasteiger partial charge on any atom is -0.319 e. The Morgan fingerprint density at radius 3 is 2.76 bits per heavy atom. The molecule has 0 aliphatic carbocycles. The van der Waals surface area contributed by atoms with Crippen LogP contribution < -0.4 is 5.32 Å². The predicted octanol–water partition coefficient (Wildman–Crippen LogP) is 1.81. The maximum atomic E-state index is 12.6. The van der Waals surface area contributed by atoms with Crippen LogP contribution in [0.3, 0.4) is 0 Å². The van der Waals surface area contributed by atoms with Gasteiger partial charge in [-0.2, -0.15) is 11.3 Å². The highest BCUT2D eigenvalue weighted by Crippen LogP contribution is 2.30. The second-order valence-electron chi connectivity index (χ2n) is 5.11. The van der Waals surface area contributed by atoms with Crippen LogP contribution in [0.5, 0.6) is 0 Å². The normalized spacial score (nSPS) is 21.7. The highest BCUT2D eigenvalue weighted by Gasteiger charge is 2.49. The summed E-state index contributed by atoms with van der Waals surface area (Å²) in [4.78, 5) is 34.2. The summed E-state index contributed by atoms with van der Waals surface area (Å²) in [5.74, 6) is -0.270. The average molecular weight is 302 g/mol. The summed E-state index contributed by atoms with van der Waals surface area (Å²) in [7, 11) is 0. The zero-order chi connectivity index (χ0) is 15.0. The largest absolute Gasteiger partial charge is 0.325 e. The zero-order valence-electron chi connectivity index (χ0n) is 11.7. The first kappa shape index (κ1) is 13.7. The number of aromatic nitrogens is 2. The number of imide groups is 1. The van der Waals surface area contributed by atoms with E-state index in [0.29, 0.717) is 5.69 Å². The van der Waals surface area contributed by atoms with Crippen LogP contribution in [-0.2, 0) is 16.9 Å². The lowest BCUT2D eigenvalue weighted by molar-refractivity contribution is -0.131. The van der Waals surface area contributed by atoms with Gasteiger partial charge in [0.05, 0.1) is 24.1 Å². The molecule has 0 saturated carbocycles. The SMILES string of the molecule is Cc1cnc(CN2C(=O)NC(C)(c3ccsc3)C2=O)cn1. The van der Waals surface area contributed by atoms with Gasteiger partial charge in [-0.3, -0.25) is 19.7 Å². The lowest BCUT2D eigenvalue weighted by Crippen LogP contribution is -2.40. The van der Waals surface area contributed by atoms with Gasteiger partial charge in [-0.1, -0.05) is 0 Å². The molecular formula is C14H14N4O2S. The summed E-state index contributed by atoms with van der Waals surface area (Å²) < 4.78 is 0. The summed E-state index contributed by atoms with van der Waals surface area (Å²) in [6.45, 7) is 3.67. The van der Waals surface area contributed by atoms with Crippen LogP contribution in [0.1, 0.15) is 23.9 Å². The molecule has 108 valence electrons. The van der Waals surface area contributed by atoms with E-state index in [1.165, 1.54) is 16.2 Å². The Morgan fingerprint density at radius 1 is 1.33 bits per heavy atom. The minimum atomic E-state index is -1.00. The highest BCUT2D eigenvalue weighted by atomic mass is 32.1. The van der Waals surface area contributed by atoms with E-state index in [9.17, 15) is 9.59 Å². The topological polar surface area (TPSA) is 75.2 Å². The van der Waals surface area contributed by atoms with E-state index in [4.69, 9.17) is 0 Å². The lowest BCUT2D eigenvalue weighted by atomic mass is 9.95. The van der Waals surface area contributed by atoms with E-state index in [0.717, 1.165) is 11.3 Å². The number of hydrogen-bond acceptors (Lipinski definition) is 5. The standard InChI is InChI=1S/C14H14N4O2S/c1-9-5-16-11(6-15-9)7-18-12(19)14(2,17-13(18)20)10-3-4-21-8-10/h3-6,8H,7H2,1-2H3,(H,17,20). The summed E-state index contributed by atoms with van der Waals surface area (Å²) in [6.07, 6.45) is 3.20. The third-order valence-corrected chi connectivity index (χ3v) is 4.21. The monoisotopic (exact) mass is 302 g/mol. The fourth-order valence-corrected chi connectivity index (χ4v) is 3.01. The smallest absolute Gasteiger partial charge is 0.319 e. The summed E-state index contributed by atoms with van der Waals surface area (Å²) >= 11 is 1.49. The Balaban J connectivity index is 1.86. The molecule has 3 rings (SSSR count). The molecule has 0 aromatic carbocycles.